The van der Waals surface area contributed by atoms with Gasteiger partial charge >= 0.3 is 6.09 Å². The standard InChI is InChI=1S/C23H27ClN2O4/c1-5-9-18(26-22(29)30-23(2,3)4)21(28)25-19-14-16(24)12-13-17(19)20(27)15-10-7-6-8-11-15/h6-8,10-14,18H,5,9H2,1-4H3,(H,25,28)(H,26,29). The second-order valence-electron chi connectivity index (χ2n) is 7.86. The lowest BCUT2D eigenvalue weighted by Crippen LogP contribution is -2.45. The average Bonchev–Trinajstić information content (AvgIpc) is 2.66. The molecule has 0 spiro atoms. The monoisotopic (exact) mass is 430 g/mol. The Bertz CT molecular complexity index is 907. The van der Waals surface area contributed by atoms with Gasteiger partial charge in [0.2, 0.25) is 5.91 Å². The van der Waals surface area contributed by atoms with Crippen LogP contribution >= 0.6 is 11.6 Å². The first-order valence-electron chi connectivity index (χ1n) is 9.80. The number of amides is 2. The summed E-state index contributed by atoms with van der Waals surface area (Å²) in [4.78, 5) is 37.9. The highest BCUT2D eigenvalue weighted by Crippen LogP contribution is 2.24. The van der Waals surface area contributed by atoms with Crippen molar-refractivity contribution >= 4 is 35.1 Å². The van der Waals surface area contributed by atoms with E-state index in [0.717, 1.165) is 0 Å². The van der Waals surface area contributed by atoms with E-state index in [2.05, 4.69) is 10.6 Å². The van der Waals surface area contributed by atoms with Crippen molar-refractivity contribution < 1.29 is 19.1 Å². The summed E-state index contributed by atoms with van der Waals surface area (Å²) in [5, 5.41) is 5.72. The summed E-state index contributed by atoms with van der Waals surface area (Å²) in [7, 11) is 0. The fourth-order valence-electron chi connectivity index (χ4n) is 2.79. The molecule has 0 aliphatic heterocycles. The first-order valence-corrected chi connectivity index (χ1v) is 10.2. The summed E-state index contributed by atoms with van der Waals surface area (Å²) in [6.07, 6.45) is 0.398. The summed E-state index contributed by atoms with van der Waals surface area (Å²) in [5.41, 5.74) is 0.409. The molecule has 2 amide bonds. The molecule has 1 unspecified atom stereocenters. The molecular formula is C23H27ClN2O4. The van der Waals surface area contributed by atoms with E-state index in [1.54, 1.807) is 57.2 Å². The highest BCUT2D eigenvalue weighted by molar-refractivity contribution is 6.31. The summed E-state index contributed by atoms with van der Waals surface area (Å²) in [6, 6.07) is 12.6. The van der Waals surface area contributed by atoms with Crippen molar-refractivity contribution in [3.05, 3.63) is 64.7 Å². The lowest BCUT2D eigenvalue weighted by atomic mass is 10.0. The predicted octanol–water partition coefficient (Wildman–Crippen LogP) is 5.20. The summed E-state index contributed by atoms with van der Waals surface area (Å²) >= 11 is 6.10. The van der Waals surface area contributed by atoms with Crippen LogP contribution in [0.1, 0.15) is 56.5 Å². The summed E-state index contributed by atoms with van der Waals surface area (Å²) in [5.74, 6) is -0.693. The normalized spacial score (nSPS) is 12.0. The maximum atomic E-state index is 12.9. The van der Waals surface area contributed by atoms with Gasteiger partial charge in [0.05, 0.1) is 5.69 Å². The molecule has 0 fully saturated rings. The second kappa shape index (κ2) is 10.3. The Balaban J connectivity index is 2.24. The third-order valence-electron chi connectivity index (χ3n) is 4.10. The molecule has 2 rings (SSSR count). The van der Waals surface area contributed by atoms with E-state index in [-0.39, 0.29) is 11.5 Å². The molecule has 0 heterocycles. The SMILES string of the molecule is CCCC(NC(=O)OC(C)(C)C)C(=O)Nc1cc(Cl)ccc1C(=O)c1ccccc1. The smallest absolute Gasteiger partial charge is 0.408 e. The molecule has 7 heteroatoms. The van der Waals surface area contributed by atoms with Gasteiger partial charge in [-0.2, -0.15) is 0 Å². The molecule has 6 nitrogen and oxygen atoms in total. The minimum Gasteiger partial charge on any atom is -0.444 e. The third kappa shape index (κ3) is 6.88. The number of carbonyl (C=O) groups excluding carboxylic acids is 3. The number of nitrogens with one attached hydrogen (secondary N) is 2. The van der Waals surface area contributed by atoms with Crippen molar-refractivity contribution in [3.8, 4) is 0 Å². The first-order chi connectivity index (χ1) is 14.1. The van der Waals surface area contributed by atoms with Crippen molar-refractivity contribution in [2.24, 2.45) is 0 Å². The molecule has 0 aromatic heterocycles. The van der Waals surface area contributed by atoms with Crippen molar-refractivity contribution in [1.29, 1.82) is 0 Å². The van der Waals surface area contributed by atoms with Crippen LogP contribution in [0.15, 0.2) is 48.5 Å². The van der Waals surface area contributed by atoms with E-state index in [0.29, 0.717) is 29.0 Å². The van der Waals surface area contributed by atoms with Crippen LogP contribution in [0, 0.1) is 0 Å². The Morgan fingerprint density at radius 3 is 2.33 bits per heavy atom. The van der Waals surface area contributed by atoms with Crippen molar-refractivity contribution in [2.45, 2.75) is 52.2 Å². The van der Waals surface area contributed by atoms with Gasteiger partial charge in [0.15, 0.2) is 5.78 Å². The fourth-order valence-corrected chi connectivity index (χ4v) is 2.96. The van der Waals surface area contributed by atoms with Gasteiger partial charge < -0.3 is 15.4 Å². The number of alkyl carbamates (subject to hydrolysis) is 1. The van der Waals surface area contributed by atoms with Crippen LogP contribution < -0.4 is 10.6 Å². The molecule has 1 atom stereocenters. The Labute approximate surface area is 182 Å². The number of rotatable bonds is 7. The van der Waals surface area contributed by atoms with Crippen LogP contribution in [-0.4, -0.2) is 29.4 Å². The number of hydrogen-bond acceptors (Lipinski definition) is 4. The lowest BCUT2D eigenvalue weighted by molar-refractivity contribution is -0.118. The number of anilines is 1. The Kier molecular flexibility index (Phi) is 8.00. The van der Waals surface area contributed by atoms with E-state index >= 15 is 0 Å². The van der Waals surface area contributed by atoms with E-state index in [4.69, 9.17) is 16.3 Å². The molecule has 2 N–H and O–H groups in total. The maximum absolute atomic E-state index is 12.9. The van der Waals surface area contributed by atoms with Crippen LogP contribution in [0.2, 0.25) is 5.02 Å². The molecule has 2 aromatic rings. The minimum atomic E-state index is -0.816. The highest BCUT2D eigenvalue weighted by Gasteiger charge is 2.25. The zero-order chi connectivity index (χ0) is 22.3. The van der Waals surface area contributed by atoms with Crippen LogP contribution in [-0.2, 0) is 9.53 Å². The minimum absolute atomic E-state index is 0.241. The average molecular weight is 431 g/mol. The van der Waals surface area contributed by atoms with Crippen molar-refractivity contribution in [3.63, 3.8) is 0 Å². The molecule has 0 bridgehead atoms. The molecule has 0 aliphatic rings. The van der Waals surface area contributed by atoms with Gasteiger partial charge in [0.25, 0.3) is 0 Å². The molecule has 160 valence electrons. The largest absolute Gasteiger partial charge is 0.444 e. The molecule has 0 saturated heterocycles. The van der Waals surface area contributed by atoms with Gasteiger partial charge in [0, 0.05) is 16.1 Å². The molecule has 30 heavy (non-hydrogen) atoms. The number of ketones is 1. The van der Waals surface area contributed by atoms with Crippen molar-refractivity contribution in [1.82, 2.24) is 5.32 Å². The van der Waals surface area contributed by atoms with Crippen LogP contribution in [0.5, 0.6) is 0 Å². The van der Waals surface area contributed by atoms with Gasteiger partial charge in [-0.1, -0.05) is 55.3 Å². The van der Waals surface area contributed by atoms with E-state index < -0.39 is 23.6 Å². The molecule has 0 radical (unpaired) electrons. The number of halogens is 1. The van der Waals surface area contributed by atoms with Crippen molar-refractivity contribution in [2.75, 3.05) is 5.32 Å². The Hall–Kier alpha value is -2.86. The molecule has 0 aliphatic carbocycles. The molecule has 2 aromatic carbocycles. The second-order valence-corrected chi connectivity index (χ2v) is 8.30. The topological polar surface area (TPSA) is 84.5 Å². The third-order valence-corrected chi connectivity index (χ3v) is 4.34. The Morgan fingerprint density at radius 1 is 1.07 bits per heavy atom. The molecular weight excluding hydrogens is 404 g/mol. The van der Waals surface area contributed by atoms with Gasteiger partial charge in [-0.25, -0.2) is 4.79 Å². The van der Waals surface area contributed by atoms with Crippen LogP contribution in [0.3, 0.4) is 0 Å². The van der Waals surface area contributed by atoms with E-state index in [9.17, 15) is 14.4 Å². The van der Waals surface area contributed by atoms with Crippen LogP contribution in [0.25, 0.3) is 0 Å². The number of benzene rings is 2. The van der Waals surface area contributed by atoms with E-state index in [1.165, 1.54) is 6.07 Å². The fraction of sp³-hybridized carbons (Fsp3) is 0.348. The predicted molar refractivity (Wildman–Crippen MR) is 118 cm³/mol. The van der Waals surface area contributed by atoms with Gasteiger partial charge in [-0.15, -0.1) is 0 Å². The highest BCUT2D eigenvalue weighted by atomic mass is 35.5. The number of ether oxygens (including phenoxy) is 1. The molecule has 0 saturated carbocycles. The zero-order valence-corrected chi connectivity index (χ0v) is 18.4. The first kappa shape index (κ1) is 23.4. The van der Waals surface area contributed by atoms with Gasteiger partial charge in [-0.05, 0) is 45.4 Å². The quantitative estimate of drug-likeness (QED) is 0.591. The Morgan fingerprint density at radius 2 is 1.73 bits per heavy atom. The maximum Gasteiger partial charge on any atom is 0.408 e. The van der Waals surface area contributed by atoms with Gasteiger partial charge in [-0.3, -0.25) is 9.59 Å². The van der Waals surface area contributed by atoms with E-state index in [1.807, 2.05) is 13.0 Å². The lowest BCUT2D eigenvalue weighted by Gasteiger charge is -2.23. The summed E-state index contributed by atoms with van der Waals surface area (Å²) < 4.78 is 5.25. The zero-order valence-electron chi connectivity index (χ0n) is 17.6. The van der Waals surface area contributed by atoms with Crippen LogP contribution in [0.4, 0.5) is 10.5 Å². The number of carbonyl (C=O) groups is 3. The summed E-state index contributed by atoms with van der Waals surface area (Å²) in [6.45, 7) is 7.14. The van der Waals surface area contributed by atoms with Gasteiger partial charge in [0.1, 0.15) is 11.6 Å². The number of hydrogen-bond donors (Lipinski definition) is 2.